The van der Waals surface area contributed by atoms with Crippen molar-refractivity contribution in [2.45, 2.75) is 20.3 Å². The maximum Gasteiger partial charge on any atom is 0.356 e. The number of aliphatic carboxylic acids is 1. The molecule has 1 N–H and O–H groups in total. The summed E-state index contributed by atoms with van der Waals surface area (Å²) < 4.78 is 6.20. The van der Waals surface area contributed by atoms with Gasteiger partial charge in [-0.25, -0.2) is 4.79 Å². The summed E-state index contributed by atoms with van der Waals surface area (Å²) in [6, 6.07) is 0. The second-order valence-electron chi connectivity index (χ2n) is 3.33. The maximum atomic E-state index is 11.6. The van der Waals surface area contributed by atoms with Crippen LogP contribution in [0.15, 0.2) is 0 Å². The molecule has 0 radical (unpaired) electrons. The molecule has 0 atom stereocenters. The zero-order valence-electron chi connectivity index (χ0n) is 9.48. The molecule has 6 heteroatoms. The average Bonchev–Trinajstić information content (AvgIpc) is 2.41. The number of aromatic nitrogens is 2. The molecule has 0 saturated carbocycles. The Balaban J connectivity index is 3.14. The van der Waals surface area contributed by atoms with Gasteiger partial charge in [-0.1, -0.05) is 0 Å². The van der Waals surface area contributed by atoms with Crippen LogP contribution in [0.3, 0.4) is 0 Å². The molecule has 0 bridgehead atoms. The van der Waals surface area contributed by atoms with Crippen LogP contribution in [0.5, 0.6) is 0 Å². The van der Waals surface area contributed by atoms with Crippen LogP contribution in [0.1, 0.15) is 28.7 Å². The fourth-order valence-electron chi connectivity index (χ4n) is 1.52. The highest BCUT2D eigenvalue weighted by atomic mass is 16.5. The number of nitrogens with zero attached hydrogens (tertiary/aromatic N) is 2. The van der Waals surface area contributed by atoms with Gasteiger partial charge in [0.05, 0.1) is 18.7 Å². The van der Waals surface area contributed by atoms with E-state index in [1.54, 1.807) is 20.9 Å². The number of hydrogen-bond donors (Lipinski definition) is 1. The number of aryl methyl sites for hydroxylation is 2. The average molecular weight is 226 g/mol. The van der Waals surface area contributed by atoms with Crippen LogP contribution in [0.25, 0.3) is 0 Å². The Labute approximate surface area is 92.8 Å². The Morgan fingerprint density at radius 2 is 2.12 bits per heavy atom. The molecule has 0 unspecified atom stereocenters. The lowest BCUT2D eigenvalue weighted by molar-refractivity contribution is -0.136. The molecule has 1 aromatic heterocycles. The molecule has 88 valence electrons. The number of esters is 1. The summed E-state index contributed by atoms with van der Waals surface area (Å²) in [5.74, 6) is -1.54. The van der Waals surface area contributed by atoms with E-state index in [2.05, 4.69) is 5.10 Å². The lowest BCUT2D eigenvalue weighted by Gasteiger charge is -2.04. The molecule has 0 aliphatic heterocycles. The van der Waals surface area contributed by atoms with E-state index in [-0.39, 0.29) is 18.7 Å². The van der Waals surface area contributed by atoms with Gasteiger partial charge in [0.15, 0.2) is 0 Å². The van der Waals surface area contributed by atoms with Gasteiger partial charge in [0.25, 0.3) is 0 Å². The van der Waals surface area contributed by atoms with Crippen molar-refractivity contribution in [3.63, 3.8) is 0 Å². The van der Waals surface area contributed by atoms with E-state index in [9.17, 15) is 9.59 Å². The highest BCUT2D eigenvalue weighted by Gasteiger charge is 2.22. The Bertz CT molecular complexity index is 423. The molecule has 1 aromatic rings. The van der Waals surface area contributed by atoms with Gasteiger partial charge in [0.1, 0.15) is 5.69 Å². The molecular weight excluding hydrogens is 212 g/mol. The van der Waals surface area contributed by atoms with Gasteiger partial charge in [-0.05, 0) is 13.8 Å². The second kappa shape index (κ2) is 4.78. The minimum Gasteiger partial charge on any atom is -0.481 e. The van der Waals surface area contributed by atoms with Crippen molar-refractivity contribution >= 4 is 11.9 Å². The molecule has 0 aromatic carbocycles. The highest BCUT2D eigenvalue weighted by molar-refractivity contribution is 5.91. The fraction of sp³-hybridized carbons (Fsp3) is 0.500. The van der Waals surface area contributed by atoms with Gasteiger partial charge in [-0.3, -0.25) is 9.48 Å². The summed E-state index contributed by atoms with van der Waals surface area (Å²) >= 11 is 0. The molecular formula is C10H14N2O4. The van der Waals surface area contributed by atoms with Crippen molar-refractivity contribution < 1.29 is 19.4 Å². The molecule has 6 nitrogen and oxygen atoms in total. The smallest absolute Gasteiger partial charge is 0.356 e. The third kappa shape index (κ3) is 2.39. The molecule has 0 amide bonds. The Hall–Kier alpha value is -1.85. The zero-order valence-corrected chi connectivity index (χ0v) is 9.48. The van der Waals surface area contributed by atoms with Crippen LogP contribution in [-0.2, 0) is 23.0 Å². The summed E-state index contributed by atoms with van der Waals surface area (Å²) in [5, 5.41) is 12.8. The topological polar surface area (TPSA) is 81.4 Å². The monoisotopic (exact) mass is 226 g/mol. The first-order chi connectivity index (χ1) is 7.47. The Morgan fingerprint density at radius 1 is 1.50 bits per heavy atom. The van der Waals surface area contributed by atoms with E-state index in [4.69, 9.17) is 9.84 Å². The van der Waals surface area contributed by atoms with Crippen molar-refractivity contribution in [1.82, 2.24) is 9.78 Å². The van der Waals surface area contributed by atoms with E-state index in [0.717, 1.165) is 0 Å². The van der Waals surface area contributed by atoms with Gasteiger partial charge < -0.3 is 9.84 Å². The van der Waals surface area contributed by atoms with Crippen molar-refractivity contribution in [1.29, 1.82) is 0 Å². The lowest BCUT2D eigenvalue weighted by Crippen LogP contribution is -2.14. The van der Waals surface area contributed by atoms with Crippen LogP contribution < -0.4 is 0 Å². The minimum atomic E-state index is -0.998. The minimum absolute atomic E-state index is 0.210. The van der Waals surface area contributed by atoms with Gasteiger partial charge in [0.2, 0.25) is 0 Å². The zero-order chi connectivity index (χ0) is 12.3. The summed E-state index contributed by atoms with van der Waals surface area (Å²) in [6.07, 6.45) is -0.228. The van der Waals surface area contributed by atoms with Crippen molar-refractivity contribution in [3.05, 3.63) is 17.0 Å². The number of carboxylic acids is 1. The summed E-state index contributed by atoms with van der Waals surface area (Å²) in [7, 11) is 1.59. The number of hydrogen-bond acceptors (Lipinski definition) is 4. The van der Waals surface area contributed by atoms with Crippen LogP contribution in [0, 0.1) is 6.92 Å². The maximum absolute atomic E-state index is 11.6. The largest absolute Gasteiger partial charge is 0.481 e. The SMILES string of the molecule is CCOC(=O)c1c(CC(=O)O)c(C)nn1C. The van der Waals surface area contributed by atoms with Gasteiger partial charge >= 0.3 is 11.9 Å². The molecule has 16 heavy (non-hydrogen) atoms. The molecule has 0 saturated heterocycles. The number of carbonyl (C=O) groups excluding carboxylic acids is 1. The van der Waals surface area contributed by atoms with Crippen LogP contribution in [0.4, 0.5) is 0 Å². The molecule has 1 rings (SSSR count). The summed E-state index contributed by atoms with van der Waals surface area (Å²) in [5.41, 5.74) is 1.16. The first-order valence-corrected chi connectivity index (χ1v) is 4.88. The number of ether oxygens (including phenoxy) is 1. The van der Waals surface area contributed by atoms with Crippen molar-refractivity contribution in [3.8, 4) is 0 Å². The van der Waals surface area contributed by atoms with Gasteiger partial charge in [-0.15, -0.1) is 0 Å². The third-order valence-corrected chi connectivity index (χ3v) is 2.14. The van der Waals surface area contributed by atoms with E-state index in [1.165, 1.54) is 4.68 Å². The molecule has 1 heterocycles. The van der Waals surface area contributed by atoms with Crippen molar-refractivity contribution in [2.75, 3.05) is 6.61 Å². The highest BCUT2D eigenvalue weighted by Crippen LogP contribution is 2.15. The van der Waals surface area contributed by atoms with Crippen LogP contribution >= 0.6 is 0 Å². The fourth-order valence-corrected chi connectivity index (χ4v) is 1.52. The predicted octanol–water partition coefficient (Wildman–Crippen LogP) is 0.532. The summed E-state index contributed by atoms with van der Waals surface area (Å²) in [6.45, 7) is 3.61. The summed E-state index contributed by atoms with van der Waals surface area (Å²) in [4.78, 5) is 22.3. The van der Waals surface area contributed by atoms with E-state index in [1.807, 2.05) is 0 Å². The first-order valence-electron chi connectivity index (χ1n) is 4.88. The molecule has 0 aliphatic rings. The number of carboxylic acid groups (broad SMARTS) is 1. The predicted molar refractivity (Wildman–Crippen MR) is 55.2 cm³/mol. The molecule has 0 spiro atoms. The standard InChI is InChI=1S/C10H14N2O4/c1-4-16-10(15)9-7(5-8(13)14)6(2)11-12(9)3/h4-5H2,1-3H3,(H,13,14). The second-order valence-corrected chi connectivity index (χ2v) is 3.33. The lowest BCUT2D eigenvalue weighted by atomic mass is 10.1. The van der Waals surface area contributed by atoms with Crippen LogP contribution in [0.2, 0.25) is 0 Å². The first kappa shape index (κ1) is 12.2. The van der Waals surface area contributed by atoms with E-state index < -0.39 is 11.9 Å². The quantitative estimate of drug-likeness (QED) is 0.757. The Kier molecular flexibility index (Phi) is 3.65. The number of carbonyl (C=O) groups is 2. The van der Waals surface area contributed by atoms with Gasteiger partial charge in [0, 0.05) is 12.6 Å². The number of rotatable bonds is 4. The van der Waals surface area contributed by atoms with Crippen LogP contribution in [-0.4, -0.2) is 33.4 Å². The molecule has 0 fully saturated rings. The normalized spacial score (nSPS) is 10.2. The van der Waals surface area contributed by atoms with E-state index in [0.29, 0.717) is 11.3 Å². The molecule has 0 aliphatic carbocycles. The van der Waals surface area contributed by atoms with Gasteiger partial charge in [-0.2, -0.15) is 5.10 Å². The van der Waals surface area contributed by atoms with Crippen molar-refractivity contribution in [2.24, 2.45) is 7.05 Å². The Morgan fingerprint density at radius 3 is 2.62 bits per heavy atom. The third-order valence-electron chi connectivity index (χ3n) is 2.14. The van der Waals surface area contributed by atoms with E-state index >= 15 is 0 Å².